The van der Waals surface area contributed by atoms with Gasteiger partial charge in [0, 0.05) is 31.9 Å². The molecule has 17 heteroatoms. The topological polar surface area (TPSA) is 198 Å². The lowest BCUT2D eigenvalue weighted by atomic mass is 10.1. The van der Waals surface area contributed by atoms with Crippen LogP contribution in [0.2, 0.25) is 0 Å². The molecule has 5 amide bonds. The zero-order valence-corrected chi connectivity index (χ0v) is 34.0. The van der Waals surface area contributed by atoms with Crippen molar-refractivity contribution in [2.45, 2.75) is 49.9 Å². The van der Waals surface area contributed by atoms with Crippen molar-refractivity contribution in [3.63, 3.8) is 0 Å². The number of amides is 5. The van der Waals surface area contributed by atoms with E-state index in [1.165, 1.54) is 14.2 Å². The van der Waals surface area contributed by atoms with E-state index in [2.05, 4.69) is 30.6 Å². The fraction of sp³-hybridized carbons (Fsp3) is 0.341. The third-order valence-electron chi connectivity index (χ3n) is 11.6. The summed E-state index contributed by atoms with van der Waals surface area (Å²) in [5.74, 6) is 1.40. The average molecular weight is 829 g/mol. The highest BCUT2D eigenvalue weighted by Crippen LogP contribution is 2.36. The summed E-state index contributed by atoms with van der Waals surface area (Å²) in [6.07, 6.45) is 5.05. The fourth-order valence-corrected chi connectivity index (χ4v) is 8.46. The molecule has 4 atom stereocenters. The second kappa shape index (κ2) is 18.0. The number of H-pyrrole nitrogens is 2. The SMILES string of the molecule is COC(=O)N[C@@H](C(=O)N1CCC[C@H]1c1ncc(-c2ccc(N3CCN(c4cnc([C@@H]5CCCN5C(=O)[C@H](NC(=O)OC)c5ccccc5)[nH]4)CC3=O)cc2)[nH]1)c1ccccc1. The Labute approximate surface area is 352 Å². The van der Waals surface area contributed by atoms with Crippen molar-refractivity contribution in [3.8, 4) is 11.3 Å². The number of nitrogens with one attached hydrogen (secondary N) is 4. The number of hydrogen-bond donors (Lipinski definition) is 4. The number of alkyl carbamates (subject to hydrolysis) is 2. The second-order valence-corrected chi connectivity index (χ2v) is 15.2. The predicted octanol–water partition coefficient (Wildman–Crippen LogP) is 5.17. The van der Waals surface area contributed by atoms with E-state index in [4.69, 9.17) is 9.47 Å². The summed E-state index contributed by atoms with van der Waals surface area (Å²) in [6.45, 7) is 2.18. The van der Waals surface area contributed by atoms with Gasteiger partial charge in [0.1, 0.15) is 29.6 Å². The van der Waals surface area contributed by atoms with Crippen molar-refractivity contribution in [1.29, 1.82) is 0 Å². The first kappa shape index (κ1) is 40.6. The maximum absolute atomic E-state index is 13.9. The van der Waals surface area contributed by atoms with Crippen LogP contribution in [0.25, 0.3) is 11.3 Å². The molecule has 0 aliphatic carbocycles. The van der Waals surface area contributed by atoms with E-state index in [1.54, 1.807) is 51.4 Å². The number of carbonyl (C=O) groups excluding carboxylic acids is 5. The predicted molar refractivity (Wildman–Crippen MR) is 224 cm³/mol. The van der Waals surface area contributed by atoms with Gasteiger partial charge in [0.15, 0.2) is 0 Å². The van der Waals surface area contributed by atoms with Crippen molar-refractivity contribution in [3.05, 3.63) is 120 Å². The number of methoxy groups -OCH3 is 2. The number of ether oxygens (including phenoxy) is 2. The lowest BCUT2D eigenvalue weighted by Crippen LogP contribution is -2.50. The Balaban J connectivity index is 0.897. The van der Waals surface area contributed by atoms with E-state index in [0.29, 0.717) is 61.2 Å². The van der Waals surface area contributed by atoms with E-state index in [-0.39, 0.29) is 36.3 Å². The molecule has 5 heterocycles. The van der Waals surface area contributed by atoms with Crippen LogP contribution in [-0.2, 0) is 23.9 Å². The van der Waals surface area contributed by atoms with Gasteiger partial charge in [0.25, 0.3) is 11.8 Å². The van der Waals surface area contributed by atoms with Crippen molar-refractivity contribution < 1.29 is 33.4 Å². The van der Waals surface area contributed by atoms with Gasteiger partial charge >= 0.3 is 12.2 Å². The van der Waals surface area contributed by atoms with Crippen LogP contribution in [-0.4, -0.2) is 107 Å². The number of anilines is 2. The maximum atomic E-state index is 13.9. The van der Waals surface area contributed by atoms with E-state index >= 15 is 0 Å². The summed E-state index contributed by atoms with van der Waals surface area (Å²) >= 11 is 0. The number of benzene rings is 3. The van der Waals surface area contributed by atoms with Gasteiger partial charge in [-0.1, -0.05) is 72.8 Å². The van der Waals surface area contributed by atoms with Crippen molar-refractivity contribution in [2.75, 3.05) is 56.7 Å². The Morgan fingerprint density at radius 1 is 0.672 bits per heavy atom. The minimum atomic E-state index is -0.918. The quantitative estimate of drug-likeness (QED) is 0.138. The third-order valence-corrected chi connectivity index (χ3v) is 11.6. The number of likely N-dealkylation sites (tertiary alicyclic amines) is 2. The number of imidazole rings is 2. The Morgan fingerprint density at radius 3 is 1.72 bits per heavy atom. The van der Waals surface area contributed by atoms with E-state index in [0.717, 1.165) is 36.2 Å². The highest BCUT2D eigenvalue weighted by Gasteiger charge is 2.39. The maximum Gasteiger partial charge on any atom is 0.407 e. The van der Waals surface area contributed by atoms with Gasteiger partial charge in [0.05, 0.1) is 50.9 Å². The fourth-order valence-electron chi connectivity index (χ4n) is 8.46. The monoisotopic (exact) mass is 828 g/mol. The molecule has 8 rings (SSSR count). The van der Waals surface area contributed by atoms with Crippen LogP contribution < -0.4 is 20.4 Å². The second-order valence-electron chi connectivity index (χ2n) is 15.2. The molecule has 3 aromatic carbocycles. The highest BCUT2D eigenvalue weighted by molar-refractivity contribution is 5.98. The molecule has 3 saturated heterocycles. The lowest BCUT2D eigenvalue weighted by Gasteiger charge is -2.34. The number of aromatic amines is 2. The molecule has 3 aliphatic heterocycles. The highest BCUT2D eigenvalue weighted by atomic mass is 16.5. The molecular weight excluding hydrogens is 781 g/mol. The number of rotatable bonds is 11. The van der Waals surface area contributed by atoms with Gasteiger partial charge in [-0.05, 0) is 54.5 Å². The van der Waals surface area contributed by atoms with Crippen LogP contribution in [0.4, 0.5) is 21.1 Å². The van der Waals surface area contributed by atoms with Gasteiger partial charge in [-0.3, -0.25) is 14.4 Å². The molecule has 17 nitrogen and oxygen atoms in total. The van der Waals surface area contributed by atoms with Gasteiger partial charge in [-0.15, -0.1) is 0 Å². The molecule has 61 heavy (non-hydrogen) atoms. The number of nitrogens with zero attached hydrogens (tertiary/aromatic N) is 6. The molecule has 0 spiro atoms. The summed E-state index contributed by atoms with van der Waals surface area (Å²) in [5, 5.41) is 5.38. The zero-order valence-electron chi connectivity index (χ0n) is 34.0. The van der Waals surface area contributed by atoms with Crippen molar-refractivity contribution in [1.82, 2.24) is 40.4 Å². The molecule has 0 bridgehead atoms. The molecule has 5 aromatic rings. The molecule has 3 fully saturated rings. The Morgan fingerprint density at radius 2 is 1.20 bits per heavy atom. The van der Waals surface area contributed by atoms with Crippen LogP contribution in [0.5, 0.6) is 0 Å². The largest absolute Gasteiger partial charge is 0.453 e. The first-order chi connectivity index (χ1) is 29.7. The number of aromatic nitrogens is 4. The average Bonchev–Trinajstić information content (AvgIpc) is 4.15. The van der Waals surface area contributed by atoms with Crippen LogP contribution >= 0.6 is 0 Å². The summed E-state index contributed by atoms with van der Waals surface area (Å²) in [4.78, 5) is 89.2. The van der Waals surface area contributed by atoms with E-state index in [9.17, 15) is 24.0 Å². The number of carbonyl (C=O) groups is 5. The van der Waals surface area contributed by atoms with E-state index in [1.807, 2.05) is 65.6 Å². The minimum absolute atomic E-state index is 0.0716. The van der Waals surface area contributed by atoms with Gasteiger partial charge < -0.3 is 49.7 Å². The summed E-state index contributed by atoms with van der Waals surface area (Å²) in [6, 6.07) is 23.4. The molecular formula is C44H48N10O7. The van der Waals surface area contributed by atoms with Gasteiger partial charge in [-0.2, -0.15) is 0 Å². The van der Waals surface area contributed by atoms with Gasteiger partial charge in [0.2, 0.25) is 5.91 Å². The standard InChI is InChI=1S/C44H48N10O7/c1-60-43(58)49-37(29-11-5-3-6-12-29)41(56)53-21-9-15-33(53)39-45-25-32(47-39)28-17-19-31(20-18-28)52-24-23-51(27-36(52)55)35-26-46-40(48-35)34-16-10-22-54(34)42(57)38(50-44(59)61-2)30-13-7-4-8-14-30/h3-8,11-14,17-20,25-26,33-34,37-38H,9-10,15-16,21-24,27H2,1-2H3,(H,45,47)(H,46,48)(H,49,58)(H,50,59)/t33-,34-,37+,38+/m0/s1. The van der Waals surface area contributed by atoms with Crippen LogP contribution in [0, 0.1) is 0 Å². The van der Waals surface area contributed by atoms with E-state index < -0.39 is 24.3 Å². The normalized spacial score (nSPS) is 18.8. The molecule has 4 N–H and O–H groups in total. The molecule has 316 valence electrons. The first-order valence-electron chi connectivity index (χ1n) is 20.4. The summed E-state index contributed by atoms with van der Waals surface area (Å²) in [5.41, 5.74) is 3.73. The third kappa shape index (κ3) is 8.62. The number of piperazine rings is 1. The minimum Gasteiger partial charge on any atom is -0.453 e. The molecule has 2 aromatic heterocycles. The zero-order chi connectivity index (χ0) is 42.5. The molecule has 3 aliphatic rings. The molecule has 0 unspecified atom stereocenters. The Bertz CT molecular complexity index is 2350. The lowest BCUT2D eigenvalue weighted by molar-refractivity contribution is -0.135. The van der Waals surface area contributed by atoms with Crippen molar-refractivity contribution >= 4 is 41.4 Å². The van der Waals surface area contributed by atoms with Crippen molar-refractivity contribution in [2.24, 2.45) is 0 Å². The van der Waals surface area contributed by atoms with Crippen LogP contribution in [0.3, 0.4) is 0 Å². The smallest absolute Gasteiger partial charge is 0.407 e. The molecule has 0 saturated carbocycles. The summed E-state index contributed by atoms with van der Waals surface area (Å²) in [7, 11) is 2.53. The number of hydrogen-bond acceptors (Lipinski definition) is 10. The van der Waals surface area contributed by atoms with Crippen LogP contribution in [0.15, 0.2) is 97.3 Å². The Hall–Kier alpha value is -7.17. The van der Waals surface area contributed by atoms with Gasteiger partial charge in [-0.25, -0.2) is 19.6 Å². The molecule has 0 radical (unpaired) electrons. The summed E-state index contributed by atoms with van der Waals surface area (Å²) < 4.78 is 9.63. The first-order valence-corrected chi connectivity index (χ1v) is 20.4. The van der Waals surface area contributed by atoms with Crippen LogP contribution in [0.1, 0.15) is 72.6 Å². The Kier molecular flexibility index (Phi) is 12.0.